The van der Waals surface area contributed by atoms with Crippen molar-refractivity contribution in [3.63, 3.8) is 0 Å². The van der Waals surface area contributed by atoms with Gasteiger partial charge < -0.3 is 15.8 Å². The maximum Gasteiger partial charge on any atom is 0.225 e. The van der Waals surface area contributed by atoms with Crippen LogP contribution in [0.5, 0.6) is 5.75 Å². The lowest BCUT2D eigenvalue weighted by Gasteiger charge is -2.10. The van der Waals surface area contributed by atoms with Gasteiger partial charge in [0.05, 0.1) is 6.61 Å². The number of ether oxygens (including phenoxy) is 1. The summed E-state index contributed by atoms with van der Waals surface area (Å²) in [6, 6.07) is 5.64. The molecule has 0 saturated carbocycles. The number of hydrogen-bond donors (Lipinski definition) is 2. The van der Waals surface area contributed by atoms with Crippen molar-refractivity contribution in [1.29, 1.82) is 0 Å². The van der Waals surface area contributed by atoms with Crippen LogP contribution in [0.25, 0.3) is 0 Å². The van der Waals surface area contributed by atoms with E-state index >= 15 is 0 Å². The van der Waals surface area contributed by atoms with Crippen molar-refractivity contribution in [3.05, 3.63) is 23.8 Å². The minimum absolute atomic E-state index is 0.0576. The second-order valence-corrected chi connectivity index (χ2v) is 3.91. The van der Waals surface area contributed by atoms with Crippen LogP contribution in [-0.2, 0) is 4.79 Å². The largest absolute Gasteiger partial charge is 0.494 e. The number of carbonyl (C=O) groups is 1. The summed E-state index contributed by atoms with van der Waals surface area (Å²) >= 11 is 0. The maximum atomic E-state index is 11.4. The molecule has 1 amide bonds. The van der Waals surface area contributed by atoms with Crippen molar-refractivity contribution < 1.29 is 9.53 Å². The van der Waals surface area contributed by atoms with Gasteiger partial charge in [0.25, 0.3) is 0 Å². The van der Waals surface area contributed by atoms with E-state index in [2.05, 4.69) is 12.2 Å². The van der Waals surface area contributed by atoms with E-state index in [4.69, 9.17) is 10.5 Å². The molecule has 0 radical (unpaired) electrons. The number of benzene rings is 1. The summed E-state index contributed by atoms with van der Waals surface area (Å²) in [5, 5.41) is 2.82. The molecule has 17 heavy (non-hydrogen) atoms. The highest BCUT2D eigenvalue weighted by Crippen LogP contribution is 2.21. The molecular weight excluding hydrogens is 216 g/mol. The quantitative estimate of drug-likeness (QED) is 0.794. The number of hydrogen-bond acceptors (Lipinski definition) is 3. The van der Waals surface area contributed by atoms with E-state index < -0.39 is 0 Å². The second kappa shape index (κ2) is 6.91. The van der Waals surface area contributed by atoms with Crippen LogP contribution in [0.2, 0.25) is 0 Å². The summed E-state index contributed by atoms with van der Waals surface area (Å²) in [6.45, 7) is 5.08. The van der Waals surface area contributed by atoms with Crippen LogP contribution in [-0.4, -0.2) is 19.1 Å². The smallest absolute Gasteiger partial charge is 0.225 e. The molecule has 0 aliphatic carbocycles. The molecule has 0 spiro atoms. The van der Waals surface area contributed by atoms with E-state index in [1.807, 2.05) is 25.1 Å². The van der Waals surface area contributed by atoms with Gasteiger partial charge in [-0.1, -0.05) is 6.92 Å². The van der Waals surface area contributed by atoms with Gasteiger partial charge in [0.1, 0.15) is 5.75 Å². The predicted octanol–water partition coefficient (Wildman–Crippen LogP) is 2.07. The highest BCUT2D eigenvalue weighted by atomic mass is 16.5. The Morgan fingerprint density at radius 1 is 1.47 bits per heavy atom. The third kappa shape index (κ3) is 4.44. The van der Waals surface area contributed by atoms with Gasteiger partial charge in [-0.25, -0.2) is 0 Å². The molecule has 0 heterocycles. The molecule has 1 aromatic carbocycles. The summed E-state index contributed by atoms with van der Waals surface area (Å²) in [6.07, 6.45) is 1.32. The van der Waals surface area contributed by atoms with Gasteiger partial charge in [-0.2, -0.15) is 0 Å². The zero-order valence-electron chi connectivity index (χ0n) is 10.5. The van der Waals surface area contributed by atoms with Crippen molar-refractivity contribution in [1.82, 2.24) is 0 Å². The molecule has 0 bridgehead atoms. The first kappa shape index (κ1) is 13.5. The third-order valence-electron chi connectivity index (χ3n) is 2.32. The Bertz CT molecular complexity index is 378. The standard InChI is InChI=1S/C13H20N2O2/c1-3-8-17-11-4-5-12(10(2)9-11)15-13(16)6-7-14/h4-5,9H,3,6-8,14H2,1-2H3,(H,15,16). The van der Waals surface area contributed by atoms with Gasteiger partial charge >= 0.3 is 0 Å². The van der Waals surface area contributed by atoms with Crippen LogP contribution in [0.4, 0.5) is 5.69 Å². The van der Waals surface area contributed by atoms with Crippen molar-refractivity contribution in [2.24, 2.45) is 5.73 Å². The fourth-order valence-electron chi connectivity index (χ4n) is 1.43. The highest BCUT2D eigenvalue weighted by molar-refractivity contribution is 5.91. The summed E-state index contributed by atoms with van der Waals surface area (Å²) in [7, 11) is 0. The zero-order chi connectivity index (χ0) is 12.7. The first-order chi connectivity index (χ1) is 8.17. The topological polar surface area (TPSA) is 64.3 Å². The van der Waals surface area contributed by atoms with Crippen LogP contribution >= 0.6 is 0 Å². The summed E-state index contributed by atoms with van der Waals surface area (Å²) in [4.78, 5) is 11.4. The molecule has 0 unspecified atom stereocenters. The number of nitrogens with two attached hydrogens (primary N) is 1. The molecule has 0 fully saturated rings. The fourth-order valence-corrected chi connectivity index (χ4v) is 1.43. The summed E-state index contributed by atoms with van der Waals surface area (Å²) < 4.78 is 5.51. The predicted molar refractivity (Wildman–Crippen MR) is 69.3 cm³/mol. The van der Waals surface area contributed by atoms with Gasteiger partial charge in [0.15, 0.2) is 0 Å². The molecule has 4 nitrogen and oxygen atoms in total. The van der Waals surface area contributed by atoms with Crippen molar-refractivity contribution in [2.75, 3.05) is 18.5 Å². The Kier molecular flexibility index (Phi) is 5.49. The SMILES string of the molecule is CCCOc1ccc(NC(=O)CCN)c(C)c1. The Morgan fingerprint density at radius 3 is 2.82 bits per heavy atom. The van der Waals surface area contributed by atoms with Gasteiger partial charge in [-0.05, 0) is 37.1 Å². The van der Waals surface area contributed by atoms with Crippen molar-refractivity contribution >= 4 is 11.6 Å². The normalized spacial score (nSPS) is 10.1. The average Bonchev–Trinajstić information content (AvgIpc) is 2.30. The molecule has 1 rings (SSSR count). The molecule has 4 heteroatoms. The lowest BCUT2D eigenvalue weighted by atomic mass is 10.2. The number of anilines is 1. The van der Waals surface area contributed by atoms with Gasteiger partial charge in [0, 0.05) is 18.7 Å². The highest BCUT2D eigenvalue weighted by Gasteiger charge is 2.04. The lowest BCUT2D eigenvalue weighted by Crippen LogP contribution is -2.16. The van der Waals surface area contributed by atoms with Crippen LogP contribution < -0.4 is 15.8 Å². The Morgan fingerprint density at radius 2 is 2.24 bits per heavy atom. The first-order valence-corrected chi connectivity index (χ1v) is 5.90. The molecule has 0 saturated heterocycles. The van der Waals surface area contributed by atoms with Crippen molar-refractivity contribution in [2.45, 2.75) is 26.7 Å². The number of aryl methyl sites for hydroxylation is 1. The van der Waals surface area contributed by atoms with E-state index in [0.717, 1.165) is 23.4 Å². The lowest BCUT2D eigenvalue weighted by molar-refractivity contribution is -0.116. The van der Waals surface area contributed by atoms with Crippen molar-refractivity contribution in [3.8, 4) is 5.75 Å². The minimum Gasteiger partial charge on any atom is -0.494 e. The molecular formula is C13H20N2O2. The Balaban J connectivity index is 2.65. The van der Waals surface area contributed by atoms with Crippen LogP contribution in [0.15, 0.2) is 18.2 Å². The van der Waals surface area contributed by atoms with Gasteiger partial charge in [0.2, 0.25) is 5.91 Å². The van der Waals surface area contributed by atoms with E-state index in [-0.39, 0.29) is 5.91 Å². The molecule has 0 aromatic heterocycles. The molecule has 1 aromatic rings. The van der Waals surface area contributed by atoms with Gasteiger partial charge in [-0.15, -0.1) is 0 Å². The van der Waals surface area contributed by atoms with Crippen LogP contribution in [0, 0.1) is 6.92 Å². The minimum atomic E-state index is -0.0576. The number of amides is 1. The van der Waals surface area contributed by atoms with E-state index in [1.54, 1.807) is 0 Å². The Labute approximate surface area is 102 Å². The molecule has 0 aliphatic rings. The van der Waals surface area contributed by atoms with Crippen LogP contribution in [0.3, 0.4) is 0 Å². The molecule has 3 N–H and O–H groups in total. The Hall–Kier alpha value is -1.55. The second-order valence-electron chi connectivity index (χ2n) is 3.91. The zero-order valence-corrected chi connectivity index (χ0v) is 10.5. The maximum absolute atomic E-state index is 11.4. The average molecular weight is 236 g/mol. The summed E-state index contributed by atoms with van der Waals surface area (Å²) in [5.41, 5.74) is 7.12. The molecule has 0 aliphatic heterocycles. The summed E-state index contributed by atoms with van der Waals surface area (Å²) in [5.74, 6) is 0.777. The van der Waals surface area contributed by atoms with E-state index in [9.17, 15) is 4.79 Å². The fraction of sp³-hybridized carbons (Fsp3) is 0.462. The molecule has 0 atom stereocenters. The van der Waals surface area contributed by atoms with Crippen LogP contribution in [0.1, 0.15) is 25.3 Å². The monoisotopic (exact) mass is 236 g/mol. The first-order valence-electron chi connectivity index (χ1n) is 5.90. The third-order valence-corrected chi connectivity index (χ3v) is 2.32. The van der Waals surface area contributed by atoms with E-state index in [0.29, 0.717) is 19.6 Å². The number of carbonyl (C=O) groups excluding carboxylic acids is 1. The molecule has 94 valence electrons. The van der Waals surface area contributed by atoms with E-state index in [1.165, 1.54) is 0 Å². The van der Waals surface area contributed by atoms with Gasteiger partial charge in [-0.3, -0.25) is 4.79 Å². The number of nitrogens with one attached hydrogen (secondary N) is 1. The number of rotatable bonds is 6.